The van der Waals surface area contributed by atoms with Crippen molar-refractivity contribution in [1.29, 1.82) is 0 Å². The summed E-state index contributed by atoms with van der Waals surface area (Å²) in [7, 11) is 3.01. The minimum atomic E-state index is -0.327. The van der Waals surface area contributed by atoms with Crippen LogP contribution in [-0.2, 0) is 6.61 Å². The first-order valence-electron chi connectivity index (χ1n) is 8.80. The summed E-state index contributed by atoms with van der Waals surface area (Å²) in [6, 6.07) is 10.1. The Labute approximate surface area is 173 Å². The maximum atomic E-state index is 12.7. The molecule has 0 atom stereocenters. The lowest BCUT2D eigenvalue weighted by Gasteiger charge is -2.13. The number of aryl methyl sites for hydroxylation is 2. The second-order valence-electron chi connectivity index (χ2n) is 6.26. The SMILES string of the molecule is COc1cc(OC)c(NC(=O)c2cccc(OCc3c(C)noc3C)c2)cc1Cl. The fraction of sp³-hybridized carbons (Fsp3) is 0.238. The van der Waals surface area contributed by atoms with Crippen molar-refractivity contribution in [2.75, 3.05) is 19.5 Å². The number of hydrogen-bond donors (Lipinski definition) is 1. The Morgan fingerprint density at radius 3 is 2.55 bits per heavy atom. The normalized spacial score (nSPS) is 10.5. The summed E-state index contributed by atoms with van der Waals surface area (Å²) in [6.07, 6.45) is 0. The lowest BCUT2D eigenvalue weighted by molar-refractivity contribution is 0.102. The zero-order valence-corrected chi connectivity index (χ0v) is 17.3. The minimum absolute atomic E-state index is 0.300. The second-order valence-corrected chi connectivity index (χ2v) is 6.67. The minimum Gasteiger partial charge on any atom is -0.495 e. The van der Waals surface area contributed by atoms with Gasteiger partial charge < -0.3 is 24.1 Å². The molecule has 0 spiro atoms. The molecule has 8 heteroatoms. The van der Waals surface area contributed by atoms with Gasteiger partial charge in [-0.3, -0.25) is 4.79 Å². The monoisotopic (exact) mass is 416 g/mol. The van der Waals surface area contributed by atoms with E-state index in [9.17, 15) is 4.79 Å². The highest BCUT2D eigenvalue weighted by Crippen LogP contribution is 2.36. The quantitative estimate of drug-likeness (QED) is 0.596. The first kappa shape index (κ1) is 20.5. The summed E-state index contributed by atoms with van der Waals surface area (Å²) in [5.41, 5.74) is 2.53. The Hall–Kier alpha value is -3.19. The zero-order chi connectivity index (χ0) is 21.0. The Bertz CT molecular complexity index is 1010. The molecule has 0 bridgehead atoms. The van der Waals surface area contributed by atoms with E-state index in [1.165, 1.54) is 14.2 Å². The lowest BCUT2D eigenvalue weighted by atomic mass is 10.2. The van der Waals surface area contributed by atoms with Crippen molar-refractivity contribution in [1.82, 2.24) is 5.16 Å². The molecule has 152 valence electrons. The Morgan fingerprint density at radius 2 is 1.90 bits per heavy atom. The number of rotatable bonds is 7. The van der Waals surface area contributed by atoms with E-state index in [-0.39, 0.29) is 5.91 Å². The second kappa shape index (κ2) is 8.87. The number of nitrogens with one attached hydrogen (secondary N) is 1. The fourth-order valence-corrected chi connectivity index (χ4v) is 2.98. The van der Waals surface area contributed by atoms with Crippen LogP contribution in [0, 0.1) is 13.8 Å². The number of halogens is 1. The van der Waals surface area contributed by atoms with Crippen LogP contribution >= 0.6 is 11.6 Å². The predicted molar refractivity (Wildman–Crippen MR) is 109 cm³/mol. The van der Waals surface area contributed by atoms with Crippen LogP contribution in [0.2, 0.25) is 5.02 Å². The van der Waals surface area contributed by atoms with Gasteiger partial charge in [0, 0.05) is 11.6 Å². The number of carbonyl (C=O) groups is 1. The van der Waals surface area contributed by atoms with Gasteiger partial charge in [0.25, 0.3) is 5.91 Å². The highest BCUT2D eigenvalue weighted by atomic mass is 35.5. The number of benzene rings is 2. The standard InChI is InChI=1S/C21H21ClN2O5/c1-12-16(13(2)29-24-12)11-28-15-7-5-6-14(8-15)21(25)23-18-9-17(22)19(26-3)10-20(18)27-4/h5-10H,11H2,1-4H3,(H,23,25). The average molecular weight is 417 g/mol. The van der Waals surface area contributed by atoms with Gasteiger partial charge in [0.15, 0.2) is 0 Å². The van der Waals surface area contributed by atoms with Crippen LogP contribution in [0.5, 0.6) is 17.2 Å². The van der Waals surface area contributed by atoms with Crippen LogP contribution in [0.15, 0.2) is 40.9 Å². The van der Waals surface area contributed by atoms with Crippen LogP contribution < -0.4 is 19.5 Å². The maximum absolute atomic E-state index is 12.7. The van der Waals surface area contributed by atoms with Crippen LogP contribution in [0.25, 0.3) is 0 Å². The van der Waals surface area contributed by atoms with E-state index in [1.54, 1.807) is 36.4 Å². The van der Waals surface area contributed by atoms with Gasteiger partial charge in [-0.15, -0.1) is 0 Å². The summed E-state index contributed by atoms with van der Waals surface area (Å²) in [5.74, 6) is 1.83. The number of ether oxygens (including phenoxy) is 3. The molecule has 3 rings (SSSR count). The molecule has 0 unspecified atom stereocenters. The highest BCUT2D eigenvalue weighted by molar-refractivity contribution is 6.32. The van der Waals surface area contributed by atoms with Crippen molar-refractivity contribution in [3.05, 3.63) is 64.0 Å². The van der Waals surface area contributed by atoms with Crippen molar-refractivity contribution in [3.8, 4) is 17.2 Å². The molecule has 0 fully saturated rings. The van der Waals surface area contributed by atoms with Crippen molar-refractivity contribution < 1.29 is 23.5 Å². The predicted octanol–water partition coefficient (Wildman–Crippen LogP) is 4.79. The maximum Gasteiger partial charge on any atom is 0.255 e. The first-order chi connectivity index (χ1) is 13.9. The third-order valence-electron chi connectivity index (χ3n) is 4.38. The van der Waals surface area contributed by atoms with E-state index in [2.05, 4.69) is 10.5 Å². The van der Waals surface area contributed by atoms with Crippen molar-refractivity contribution in [2.45, 2.75) is 20.5 Å². The van der Waals surface area contributed by atoms with Crippen molar-refractivity contribution in [3.63, 3.8) is 0 Å². The van der Waals surface area contributed by atoms with Crippen LogP contribution in [0.3, 0.4) is 0 Å². The van der Waals surface area contributed by atoms with E-state index in [1.807, 2.05) is 13.8 Å². The molecular formula is C21H21ClN2O5. The number of carbonyl (C=O) groups excluding carboxylic acids is 1. The molecule has 0 aliphatic rings. The molecule has 1 N–H and O–H groups in total. The molecule has 0 aliphatic carbocycles. The molecule has 2 aromatic carbocycles. The van der Waals surface area contributed by atoms with Gasteiger partial charge in [0.1, 0.15) is 29.6 Å². The summed E-state index contributed by atoms with van der Waals surface area (Å²) in [6.45, 7) is 3.98. The molecule has 29 heavy (non-hydrogen) atoms. The fourth-order valence-electron chi connectivity index (χ4n) is 2.74. The molecule has 3 aromatic rings. The summed E-state index contributed by atoms with van der Waals surface area (Å²) < 4.78 is 21.4. The summed E-state index contributed by atoms with van der Waals surface area (Å²) in [5, 5.41) is 7.07. The highest BCUT2D eigenvalue weighted by Gasteiger charge is 2.15. The van der Waals surface area contributed by atoms with Gasteiger partial charge in [-0.05, 0) is 38.1 Å². The number of methoxy groups -OCH3 is 2. The summed E-state index contributed by atoms with van der Waals surface area (Å²) in [4.78, 5) is 12.7. The molecular weight excluding hydrogens is 396 g/mol. The van der Waals surface area contributed by atoms with E-state index >= 15 is 0 Å². The number of amides is 1. The van der Waals surface area contributed by atoms with E-state index in [4.69, 9.17) is 30.3 Å². The first-order valence-corrected chi connectivity index (χ1v) is 9.18. The van der Waals surface area contributed by atoms with Gasteiger partial charge in [-0.2, -0.15) is 0 Å². The lowest BCUT2D eigenvalue weighted by Crippen LogP contribution is -2.13. The van der Waals surface area contributed by atoms with Gasteiger partial charge in [-0.1, -0.05) is 22.8 Å². The zero-order valence-electron chi connectivity index (χ0n) is 16.5. The Balaban J connectivity index is 1.75. The molecule has 0 aliphatic heterocycles. The Kier molecular flexibility index (Phi) is 6.29. The van der Waals surface area contributed by atoms with Gasteiger partial charge in [-0.25, -0.2) is 0 Å². The number of aromatic nitrogens is 1. The molecule has 1 heterocycles. The van der Waals surface area contributed by atoms with Crippen molar-refractivity contribution >= 4 is 23.2 Å². The van der Waals surface area contributed by atoms with E-state index in [0.29, 0.717) is 45.9 Å². The number of hydrogen-bond acceptors (Lipinski definition) is 6. The average Bonchev–Trinajstić information content (AvgIpc) is 3.04. The van der Waals surface area contributed by atoms with Gasteiger partial charge in [0.2, 0.25) is 0 Å². The van der Waals surface area contributed by atoms with Gasteiger partial charge in [0.05, 0.1) is 36.2 Å². The molecule has 1 aromatic heterocycles. The molecule has 0 radical (unpaired) electrons. The van der Waals surface area contributed by atoms with Crippen LogP contribution in [-0.4, -0.2) is 25.3 Å². The third-order valence-corrected chi connectivity index (χ3v) is 4.68. The number of anilines is 1. The summed E-state index contributed by atoms with van der Waals surface area (Å²) >= 11 is 6.16. The number of nitrogens with zero attached hydrogens (tertiary/aromatic N) is 1. The van der Waals surface area contributed by atoms with E-state index < -0.39 is 0 Å². The topological polar surface area (TPSA) is 82.8 Å². The van der Waals surface area contributed by atoms with Gasteiger partial charge >= 0.3 is 0 Å². The molecule has 7 nitrogen and oxygen atoms in total. The van der Waals surface area contributed by atoms with E-state index in [0.717, 1.165) is 11.3 Å². The van der Waals surface area contributed by atoms with Crippen molar-refractivity contribution in [2.24, 2.45) is 0 Å². The largest absolute Gasteiger partial charge is 0.495 e. The Morgan fingerprint density at radius 1 is 1.14 bits per heavy atom. The molecule has 0 saturated carbocycles. The van der Waals surface area contributed by atoms with Crippen LogP contribution in [0.4, 0.5) is 5.69 Å². The third kappa shape index (κ3) is 4.63. The molecule has 1 amide bonds. The van der Waals surface area contributed by atoms with Crippen LogP contribution in [0.1, 0.15) is 27.4 Å². The smallest absolute Gasteiger partial charge is 0.255 e. The molecule has 0 saturated heterocycles.